The van der Waals surface area contributed by atoms with Crippen molar-refractivity contribution in [2.45, 2.75) is 13.3 Å². The molecule has 0 spiro atoms. The Morgan fingerprint density at radius 2 is 1.78 bits per heavy atom. The number of hydrogen-bond donors (Lipinski definition) is 1. The molecule has 1 aliphatic heterocycles. The van der Waals surface area contributed by atoms with Crippen molar-refractivity contribution in [1.82, 2.24) is 4.90 Å². The second kappa shape index (κ2) is 7.17. The molecular weight excluding hydrogens is 314 g/mol. The van der Waals surface area contributed by atoms with Gasteiger partial charge in [-0.1, -0.05) is 17.7 Å². The van der Waals surface area contributed by atoms with Crippen molar-refractivity contribution in [3.8, 4) is 0 Å². The maximum absolute atomic E-state index is 12.3. The van der Waals surface area contributed by atoms with E-state index in [1.54, 1.807) is 24.3 Å². The fourth-order valence-corrected chi connectivity index (χ4v) is 3.93. The molecule has 1 fully saturated rings. The fraction of sp³-hybridized carbons (Fsp3) is 0.625. The Morgan fingerprint density at radius 1 is 1.22 bits per heavy atom. The highest BCUT2D eigenvalue weighted by Crippen LogP contribution is 2.18. The molecule has 1 N–H and O–H groups in total. The lowest BCUT2D eigenvalue weighted by atomic mass is 10.2. The molecule has 0 aromatic heterocycles. The van der Waals surface area contributed by atoms with Crippen molar-refractivity contribution in [3.05, 3.63) is 29.8 Å². The Kier molecular flexibility index (Phi) is 5.67. The van der Waals surface area contributed by atoms with Gasteiger partial charge in [0.1, 0.15) is 0 Å². The number of likely N-dealkylation sites (N-methyl/N-ethyl adjacent to an activating group) is 2. The van der Waals surface area contributed by atoms with Crippen molar-refractivity contribution < 1.29 is 18.1 Å². The van der Waals surface area contributed by atoms with Crippen LogP contribution in [0.1, 0.15) is 12.0 Å². The predicted molar refractivity (Wildman–Crippen MR) is 92.1 cm³/mol. The van der Waals surface area contributed by atoms with Crippen LogP contribution in [0.25, 0.3) is 0 Å². The summed E-state index contributed by atoms with van der Waals surface area (Å²) < 4.78 is 25.9. The number of sulfonamides is 1. The SMILES string of the molecule is Cc1ccc(N(O)S(=O)(=O)CCC[N+]2(C)CCN(C)CC2)cc1. The summed E-state index contributed by atoms with van der Waals surface area (Å²) in [6.07, 6.45) is 0.547. The molecule has 2 rings (SSSR count). The smallest absolute Gasteiger partial charge is 0.257 e. The molecular formula is C16H28N3O3S+. The Morgan fingerprint density at radius 3 is 2.35 bits per heavy atom. The van der Waals surface area contributed by atoms with E-state index in [0.717, 1.165) is 42.8 Å². The number of piperazine rings is 1. The minimum atomic E-state index is -3.70. The maximum Gasteiger partial charge on any atom is 0.257 e. The third kappa shape index (κ3) is 4.91. The Balaban J connectivity index is 1.90. The zero-order valence-corrected chi connectivity index (χ0v) is 15.1. The second-order valence-electron chi connectivity index (χ2n) is 6.84. The van der Waals surface area contributed by atoms with E-state index in [1.165, 1.54) is 0 Å². The van der Waals surface area contributed by atoms with E-state index in [0.29, 0.717) is 10.9 Å². The highest BCUT2D eigenvalue weighted by molar-refractivity contribution is 7.92. The predicted octanol–water partition coefficient (Wildman–Crippen LogP) is 1.30. The van der Waals surface area contributed by atoms with Gasteiger partial charge in [0.2, 0.25) is 0 Å². The van der Waals surface area contributed by atoms with Crippen LogP contribution in [-0.4, -0.2) is 75.6 Å². The fourth-order valence-electron chi connectivity index (χ4n) is 2.82. The molecule has 0 amide bonds. The molecule has 0 radical (unpaired) electrons. The van der Waals surface area contributed by atoms with E-state index >= 15 is 0 Å². The van der Waals surface area contributed by atoms with Gasteiger partial charge in [-0.05, 0) is 26.1 Å². The maximum atomic E-state index is 12.3. The third-order valence-electron chi connectivity index (χ3n) is 4.66. The second-order valence-corrected chi connectivity index (χ2v) is 8.76. The first-order chi connectivity index (χ1) is 10.7. The summed E-state index contributed by atoms with van der Waals surface area (Å²) in [6, 6.07) is 6.79. The molecule has 0 unspecified atom stereocenters. The Bertz CT molecular complexity index is 608. The molecule has 7 heteroatoms. The van der Waals surface area contributed by atoms with Crippen LogP contribution in [-0.2, 0) is 10.0 Å². The molecule has 6 nitrogen and oxygen atoms in total. The lowest BCUT2D eigenvalue weighted by Gasteiger charge is -2.41. The Hall–Kier alpha value is -1.15. The molecule has 1 heterocycles. The van der Waals surface area contributed by atoms with Gasteiger partial charge in [0, 0.05) is 19.5 Å². The van der Waals surface area contributed by atoms with Gasteiger partial charge in [0.25, 0.3) is 10.0 Å². The first kappa shape index (κ1) is 18.2. The summed E-state index contributed by atoms with van der Waals surface area (Å²) in [5, 5.41) is 10.0. The third-order valence-corrected chi connectivity index (χ3v) is 6.20. The Labute approximate surface area is 139 Å². The van der Waals surface area contributed by atoms with Gasteiger partial charge >= 0.3 is 0 Å². The average Bonchev–Trinajstić information content (AvgIpc) is 2.50. The molecule has 0 saturated carbocycles. The zero-order valence-electron chi connectivity index (χ0n) is 14.3. The van der Waals surface area contributed by atoms with E-state index in [9.17, 15) is 13.6 Å². The molecule has 23 heavy (non-hydrogen) atoms. The van der Waals surface area contributed by atoms with E-state index in [2.05, 4.69) is 19.0 Å². The van der Waals surface area contributed by atoms with Crippen molar-refractivity contribution in [1.29, 1.82) is 0 Å². The average molecular weight is 342 g/mol. The van der Waals surface area contributed by atoms with Crippen LogP contribution in [0.2, 0.25) is 0 Å². The van der Waals surface area contributed by atoms with Crippen LogP contribution < -0.4 is 4.47 Å². The quantitative estimate of drug-likeness (QED) is 0.625. The minimum Gasteiger partial charge on any atom is -0.324 e. The van der Waals surface area contributed by atoms with Gasteiger partial charge in [-0.2, -0.15) is 0 Å². The molecule has 0 bridgehead atoms. The number of anilines is 1. The van der Waals surface area contributed by atoms with E-state index < -0.39 is 10.0 Å². The zero-order chi connectivity index (χ0) is 17.1. The summed E-state index contributed by atoms with van der Waals surface area (Å²) in [7, 11) is 0.591. The van der Waals surface area contributed by atoms with Crippen LogP contribution in [0.15, 0.2) is 24.3 Å². The lowest BCUT2D eigenvalue weighted by Crippen LogP contribution is -2.56. The standard InChI is InChI=1S/C16H28N3O3S/c1-15-5-7-16(8-6-15)18(20)23(21,22)14-4-11-19(3)12-9-17(2)10-13-19/h5-8,20H,4,9-14H2,1-3H3/q+1. The van der Waals surface area contributed by atoms with E-state index in [1.807, 2.05) is 6.92 Å². The van der Waals surface area contributed by atoms with Crippen LogP contribution in [0.5, 0.6) is 0 Å². The summed E-state index contributed by atoms with van der Waals surface area (Å²) in [5.41, 5.74) is 1.31. The van der Waals surface area contributed by atoms with E-state index in [-0.39, 0.29) is 11.4 Å². The van der Waals surface area contributed by atoms with Gasteiger partial charge in [-0.3, -0.25) is 10.1 Å². The van der Waals surface area contributed by atoms with Crippen molar-refractivity contribution in [2.75, 3.05) is 57.0 Å². The van der Waals surface area contributed by atoms with Crippen LogP contribution in [0.3, 0.4) is 0 Å². The molecule has 0 aliphatic carbocycles. The lowest BCUT2D eigenvalue weighted by molar-refractivity contribution is -0.913. The minimum absolute atomic E-state index is 0.0406. The first-order valence-corrected chi connectivity index (χ1v) is 9.63. The largest absolute Gasteiger partial charge is 0.324 e. The molecule has 0 atom stereocenters. The number of aryl methyl sites for hydroxylation is 1. The highest BCUT2D eigenvalue weighted by atomic mass is 32.2. The molecule has 1 aromatic rings. The van der Waals surface area contributed by atoms with Crippen LogP contribution in [0, 0.1) is 6.92 Å². The number of nitrogens with zero attached hydrogens (tertiary/aromatic N) is 3. The monoisotopic (exact) mass is 342 g/mol. The summed E-state index contributed by atoms with van der Waals surface area (Å²) >= 11 is 0. The van der Waals surface area contributed by atoms with Gasteiger partial charge in [0.05, 0.1) is 38.1 Å². The van der Waals surface area contributed by atoms with Gasteiger partial charge < -0.3 is 4.48 Å². The van der Waals surface area contributed by atoms with Crippen molar-refractivity contribution in [3.63, 3.8) is 0 Å². The number of quaternary nitrogens is 1. The number of hydrogen-bond acceptors (Lipinski definition) is 4. The van der Waals surface area contributed by atoms with Crippen molar-refractivity contribution >= 4 is 15.7 Å². The van der Waals surface area contributed by atoms with E-state index in [4.69, 9.17) is 0 Å². The summed E-state index contributed by atoms with van der Waals surface area (Å²) in [4.78, 5) is 2.30. The van der Waals surface area contributed by atoms with Crippen LogP contribution in [0.4, 0.5) is 5.69 Å². The van der Waals surface area contributed by atoms with Crippen molar-refractivity contribution in [2.24, 2.45) is 0 Å². The molecule has 130 valence electrons. The molecule has 1 saturated heterocycles. The summed E-state index contributed by atoms with van der Waals surface area (Å²) in [6.45, 7) is 6.89. The number of benzene rings is 1. The van der Waals surface area contributed by atoms with Gasteiger partial charge in [-0.25, -0.2) is 8.42 Å². The van der Waals surface area contributed by atoms with Crippen LogP contribution >= 0.6 is 0 Å². The normalized spacial score (nSPS) is 18.8. The van der Waals surface area contributed by atoms with Gasteiger partial charge in [0.15, 0.2) is 0 Å². The summed E-state index contributed by atoms with van der Waals surface area (Å²) in [5.74, 6) is -0.0406. The first-order valence-electron chi connectivity index (χ1n) is 8.03. The number of rotatable bonds is 6. The molecule has 1 aromatic carbocycles. The molecule has 1 aliphatic rings. The highest BCUT2D eigenvalue weighted by Gasteiger charge is 2.28. The topological polar surface area (TPSA) is 60.9 Å². The van der Waals surface area contributed by atoms with Gasteiger partial charge in [-0.15, -0.1) is 4.47 Å².